The lowest BCUT2D eigenvalue weighted by Crippen LogP contribution is -2.43. The van der Waals surface area contributed by atoms with Gasteiger partial charge in [-0.1, -0.05) is 25.0 Å². The molecule has 2 rings (SSSR count). The van der Waals surface area contributed by atoms with Crippen molar-refractivity contribution in [3.63, 3.8) is 0 Å². The number of benzene rings is 1. The van der Waals surface area contributed by atoms with E-state index in [1.807, 2.05) is 19.2 Å². The number of hydrogen-bond donors (Lipinski definition) is 2. The Morgan fingerprint density at radius 2 is 1.96 bits per heavy atom. The Labute approximate surface area is 181 Å². The molecular formula is C21H36IN3O2. The van der Waals surface area contributed by atoms with Gasteiger partial charge < -0.3 is 20.1 Å². The molecule has 0 atom stereocenters. The third-order valence-corrected chi connectivity index (χ3v) is 5.42. The molecule has 0 aromatic heterocycles. The third-order valence-electron chi connectivity index (χ3n) is 5.42. The average molecular weight is 489 g/mol. The maximum absolute atomic E-state index is 5.32. The van der Waals surface area contributed by atoms with Gasteiger partial charge in [0.2, 0.25) is 0 Å². The zero-order valence-electron chi connectivity index (χ0n) is 17.1. The van der Waals surface area contributed by atoms with Crippen LogP contribution < -0.4 is 15.4 Å². The Bertz CT molecular complexity index is 560. The van der Waals surface area contributed by atoms with Crippen LogP contribution in [0.2, 0.25) is 0 Å². The molecule has 1 fully saturated rings. The van der Waals surface area contributed by atoms with E-state index in [0.717, 1.165) is 50.7 Å². The van der Waals surface area contributed by atoms with E-state index in [-0.39, 0.29) is 24.0 Å². The summed E-state index contributed by atoms with van der Waals surface area (Å²) in [4.78, 5) is 4.38. The summed E-state index contributed by atoms with van der Waals surface area (Å²) < 4.78 is 10.6. The number of rotatable bonds is 10. The lowest BCUT2D eigenvalue weighted by atomic mass is 9.83. The highest BCUT2D eigenvalue weighted by atomic mass is 127. The number of ether oxygens (including phenoxy) is 2. The molecule has 1 saturated carbocycles. The molecule has 0 spiro atoms. The van der Waals surface area contributed by atoms with Gasteiger partial charge >= 0.3 is 0 Å². The Morgan fingerprint density at radius 3 is 2.63 bits per heavy atom. The maximum atomic E-state index is 5.32. The molecule has 1 aliphatic rings. The first kappa shape index (κ1) is 24.0. The average Bonchev–Trinajstić information content (AvgIpc) is 3.15. The van der Waals surface area contributed by atoms with Crippen LogP contribution in [0.15, 0.2) is 29.3 Å². The lowest BCUT2D eigenvalue weighted by Gasteiger charge is -2.30. The van der Waals surface area contributed by atoms with Gasteiger partial charge in [0, 0.05) is 33.9 Å². The lowest BCUT2D eigenvalue weighted by molar-refractivity contribution is 0.138. The normalized spacial score (nSPS) is 15.9. The van der Waals surface area contributed by atoms with Crippen LogP contribution in [0.4, 0.5) is 0 Å². The second-order valence-corrected chi connectivity index (χ2v) is 7.26. The number of aryl methyl sites for hydroxylation is 1. The highest BCUT2D eigenvalue weighted by Crippen LogP contribution is 2.40. The van der Waals surface area contributed by atoms with Crippen molar-refractivity contribution >= 4 is 29.9 Å². The molecule has 0 heterocycles. The van der Waals surface area contributed by atoms with Crippen LogP contribution in [0.25, 0.3) is 0 Å². The van der Waals surface area contributed by atoms with Gasteiger partial charge in [0.1, 0.15) is 5.75 Å². The van der Waals surface area contributed by atoms with E-state index in [2.05, 4.69) is 27.8 Å². The van der Waals surface area contributed by atoms with E-state index >= 15 is 0 Å². The minimum absolute atomic E-state index is 0. The van der Waals surface area contributed by atoms with E-state index in [1.54, 1.807) is 14.2 Å². The fourth-order valence-electron chi connectivity index (χ4n) is 3.78. The second kappa shape index (κ2) is 13.2. The summed E-state index contributed by atoms with van der Waals surface area (Å²) in [6, 6.07) is 8.28. The van der Waals surface area contributed by atoms with Gasteiger partial charge in [-0.05, 0) is 55.2 Å². The molecular weight excluding hydrogens is 453 g/mol. The van der Waals surface area contributed by atoms with E-state index in [9.17, 15) is 0 Å². The molecule has 0 saturated heterocycles. The van der Waals surface area contributed by atoms with Crippen LogP contribution in [0.1, 0.15) is 44.1 Å². The zero-order valence-corrected chi connectivity index (χ0v) is 19.4. The fourth-order valence-corrected chi connectivity index (χ4v) is 3.78. The quantitative estimate of drug-likeness (QED) is 0.226. The zero-order chi connectivity index (χ0) is 18.7. The molecule has 0 radical (unpaired) electrons. The van der Waals surface area contributed by atoms with Crippen molar-refractivity contribution in [3.05, 3.63) is 29.8 Å². The standard InChI is InChI=1S/C21H35N3O2.HI/c1-22-20(24-17-21(13-15-25-2)11-4-5-12-21)23-14-7-9-18-8-6-10-19(16-18)26-3;/h6,8,10,16H,4-5,7,9,11-15,17H2,1-3H3,(H2,22,23,24);1H. The van der Waals surface area contributed by atoms with Crippen molar-refractivity contribution in [1.82, 2.24) is 10.6 Å². The van der Waals surface area contributed by atoms with Gasteiger partial charge in [-0.2, -0.15) is 0 Å². The van der Waals surface area contributed by atoms with E-state index in [1.165, 1.54) is 31.2 Å². The van der Waals surface area contributed by atoms with E-state index in [4.69, 9.17) is 9.47 Å². The minimum Gasteiger partial charge on any atom is -0.497 e. The van der Waals surface area contributed by atoms with Crippen LogP contribution in [0.3, 0.4) is 0 Å². The molecule has 0 aliphatic heterocycles. The first-order chi connectivity index (χ1) is 12.7. The van der Waals surface area contributed by atoms with Crippen LogP contribution in [-0.2, 0) is 11.2 Å². The highest BCUT2D eigenvalue weighted by Gasteiger charge is 2.33. The van der Waals surface area contributed by atoms with E-state index in [0.29, 0.717) is 5.41 Å². The molecule has 1 aliphatic carbocycles. The Hall–Kier alpha value is -1.02. The fraction of sp³-hybridized carbons (Fsp3) is 0.667. The molecule has 0 amide bonds. The van der Waals surface area contributed by atoms with Crippen LogP contribution in [0.5, 0.6) is 5.75 Å². The summed E-state index contributed by atoms with van der Waals surface area (Å²) in [7, 11) is 5.34. The Balaban J connectivity index is 0.00000364. The van der Waals surface area contributed by atoms with Crippen molar-refractivity contribution in [2.45, 2.75) is 44.9 Å². The molecule has 154 valence electrons. The predicted molar refractivity (Wildman–Crippen MR) is 123 cm³/mol. The van der Waals surface area contributed by atoms with Crippen molar-refractivity contribution in [2.75, 3.05) is 41.0 Å². The first-order valence-corrected chi connectivity index (χ1v) is 9.78. The Morgan fingerprint density at radius 1 is 1.19 bits per heavy atom. The van der Waals surface area contributed by atoms with Crippen LogP contribution in [-0.4, -0.2) is 46.9 Å². The molecule has 27 heavy (non-hydrogen) atoms. The van der Waals surface area contributed by atoms with Crippen LogP contribution in [0, 0.1) is 5.41 Å². The second-order valence-electron chi connectivity index (χ2n) is 7.26. The molecule has 0 unspecified atom stereocenters. The van der Waals surface area contributed by atoms with Gasteiger partial charge in [0.25, 0.3) is 0 Å². The molecule has 1 aromatic rings. The minimum atomic E-state index is 0. The first-order valence-electron chi connectivity index (χ1n) is 9.78. The summed E-state index contributed by atoms with van der Waals surface area (Å²) in [5.41, 5.74) is 1.67. The third kappa shape index (κ3) is 8.25. The van der Waals surface area contributed by atoms with Crippen molar-refractivity contribution in [3.8, 4) is 5.75 Å². The smallest absolute Gasteiger partial charge is 0.190 e. The largest absolute Gasteiger partial charge is 0.497 e. The number of guanidine groups is 1. The van der Waals surface area contributed by atoms with Gasteiger partial charge in [-0.15, -0.1) is 24.0 Å². The van der Waals surface area contributed by atoms with Crippen LogP contribution >= 0.6 is 24.0 Å². The summed E-state index contributed by atoms with van der Waals surface area (Å²) in [5, 5.41) is 6.98. The monoisotopic (exact) mass is 489 g/mol. The predicted octanol–water partition coefficient (Wildman–Crippen LogP) is 4.01. The molecule has 5 nitrogen and oxygen atoms in total. The maximum Gasteiger partial charge on any atom is 0.190 e. The number of methoxy groups -OCH3 is 2. The molecule has 6 heteroatoms. The summed E-state index contributed by atoms with van der Waals surface area (Å²) >= 11 is 0. The number of hydrogen-bond acceptors (Lipinski definition) is 3. The van der Waals surface area contributed by atoms with E-state index < -0.39 is 0 Å². The number of nitrogens with zero attached hydrogens (tertiary/aromatic N) is 1. The summed E-state index contributed by atoms with van der Waals surface area (Å²) in [6.45, 7) is 2.72. The molecule has 2 N–H and O–H groups in total. The molecule has 1 aromatic carbocycles. The van der Waals surface area contributed by atoms with Gasteiger partial charge in [-0.25, -0.2) is 0 Å². The van der Waals surface area contributed by atoms with Gasteiger partial charge in [0.15, 0.2) is 5.96 Å². The summed E-state index contributed by atoms with van der Waals surface area (Å²) in [6.07, 6.45) is 8.45. The van der Waals surface area contributed by atoms with Gasteiger partial charge in [0.05, 0.1) is 7.11 Å². The number of nitrogens with one attached hydrogen (secondary N) is 2. The SMILES string of the molecule is CN=C(NCCCc1cccc(OC)c1)NCC1(CCOC)CCCC1.I. The Kier molecular flexibility index (Phi) is 11.7. The van der Waals surface area contributed by atoms with Crippen molar-refractivity contribution in [2.24, 2.45) is 10.4 Å². The highest BCUT2D eigenvalue weighted by molar-refractivity contribution is 14.0. The van der Waals surface area contributed by atoms with Crippen molar-refractivity contribution in [1.29, 1.82) is 0 Å². The molecule has 0 bridgehead atoms. The number of halogens is 1. The summed E-state index contributed by atoms with van der Waals surface area (Å²) in [5.74, 6) is 1.82. The number of aliphatic imine (C=N–C) groups is 1. The van der Waals surface area contributed by atoms with Gasteiger partial charge in [-0.3, -0.25) is 4.99 Å². The van der Waals surface area contributed by atoms with Crippen molar-refractivity contribution < 1.29 is 9.47 Å². The topological polar surface area (TPSA) is 54.9 Å².